The topological polar surface area (TPSA) is 64.0 Å². The third-order valence-electron chi connectivity index (χ3n) is 2.59. The monoisotopic (exact) mass is 202 g/mol. The van der Waals surface area contributed by atoms with Crippen LogP contribution in [0.15, 0.2) is 0 Å². The van der Waals surface area contributed by atoms with Crippen LogP contribution in [0.5, 0.6) is 0 Å². The van der Waals surface area contributed by atoms with E-state index in [1.54, 1.807) is 0 Å². The standard InChI is InChI=1S/C9H18N2O3/c1-9(14,8(12)13)7-11-5-3-10(2)4-6-11/h14H,3-7H2,1-2H3,(H,12,13). The normalized spacial score (nSPS) is 24.5. The fourth-order valence-electron chi connectivity index (χ4n) is 1.51. The zero-order chi connectivity index (χ0) is 10.8. The Hall–Kier alpha value is -0.650. The lowest BCUT2D eigenvalue weighted by molar-refractivity contribution is -0.158. The number of hydrogen-bond donors (Lipinski definition) is 2. The second kappa shape index (κ2) is 4.25. The Morgan fingerprint density at radius 2 is 1.86 bits per heavy atom. The maximum absolute atomic E-state index is 10.7. The molecule has 1 unspecified atom stereocenters. The molecule has 1 aliphatic heterocycles. The molecule has 0 amide bonds. The third-order valence-corrected chi connectivity index (χ3v) is 2.59. The Morgan fingerprint density at radius 1 is 1.36 bits per heavy atom. The second-order valence-electron chi connectivity index (χ2n) is 4.16. The lowest BCUT2D eigenvalue weighted by Crippen LogP contribution is -2.52. The highest BCUT2D eigenvalue weighted by Crippen LogP contribution is 2.08. The Labute approximate surface area is 83.9 Å². The predicted molar refractivity (Wildman–Crippen MR) is 52.2 cm³/mol. The van der Waals surface area contributed by atoms with Gasteiger partial charge in [-0.05, 0) is 14.0 Å². The van der Waals surface area contributed by atoms with Crippen LogP contribution in [0.25, 0.3) is 0 Å². The lowest BCUT2D eigenvalue weighted by atomic mass is 10.1. The molecule has 1 aliphatic rings. The van der Waals surface area contributed by atoms with Crippen LogP contribution >= 0.6 is 0 Å². The molecule has 1 saturated heterocycles. The van der Waals surface area contributed by atoms with Crippen LogP contribution in [0.4, 0.5) is 0 Å². The first-order valence-corrected chi connectivity index (χ1v) is 4.78. The molecule has 1 heterocycles. The first kappa shape index (κ1) is 11.4. The number of β-amino-alcohol motifs (C(OH)–C–C–N with tert-alkyl or cyclic N) is 1. The number of rotatable bonds is 3. The van der Waals surface area contributed by atoms with Gasteiger partial charge in [-0.25, -0.2) is 4.79 Å². The van der Waals surface area contributed by atoms with Crippen LogP contribution in [0.3, 0.4) is 0 Å². The van der Waals surface area contributed by atoms with E-state index in [1.165, 1.54) is 6.92 Å². The number of likely N-dealkylation sites (N-methyl/N-ethyl adjacent to an activating group) is 1. The second-order valence-corrected chi connectivity index (χ2v) is 4.16. The average Bonchev–Trinajstić information content (AvgIpc) is 2.08. The van der Waals surface area contributed by atoms with Crippen molar-refractivity contribution in [3.05, 3.63) is 0 Å². The van der Waals surface area contributed by atoms with Gasteiger partial charge >= 0.3 is 5.97 Å². The zero-order valence-corrected chi connectivity index (χ0v) is 8.73. The SMILES string of the molecule is CN1CCN(CC(C)(O)C(=O)O)CC1. The van der Waals surface area contributed by atoms with Gasteiger partial charge in [0.1, 0.15) is 0 Å². The summed E-state index contributed by atoms with van der Waals surface area (Å²) in [5, 5.41) is 18.3. The molecule has 0 spiro atoms. The van der Waals surface area contributed by atoms with E-state index < -0.39 is 11.6 Å². The molecule has 0 aromatic rings. The van der Waals surface area contributed by atoms with Gasteiger partial charge in [0.25, 0.3) is 0 Å². The number of carboxylic acid groups (broad SMARTS) is 1. The van der Waals surface area contributed by atoms with E-state index in [0.29, 0.717) is 0 Å². The van der Waals surface area contributed by atoms with Crippen LogP contribution in [0.1, 0.15) is 6.92 Å². The molecular weight excluding hydrogens is 184 g/mol. The first-order valence-electron chi connectivity index (χ1n) is 4.78. The summed E-state index contributed by atoms with van der Waals surface area (Å²) in [6.45, 7) is 5.04. The molecular formula is C9H18N2O3. The molecule has 1 fully saturated rings. The maximum atomic E-state index is 10.7. The fraction of sp³-hybridized carbons (Fsp3) is 0.889. The Morgan fingerprint density at radius 3 is 2.29 bits per heavy atom. The molecule has 82 valence electrons. The highest BCUT2D eigenvalue weighted by Gasteiger charge is 2.32. The summed E-state index contributed by atoms with van der Waals surface area (Å²) in [4.78, 5) is 14.8. The predicted octanol–water partition coefficient (Wildman–Crippen LogP) is -0.931. The van der Waals surface area contributed by atoms with Crippen molar-refractivity contribution in [3.8, 4) is 0 Å². The molecule has 0 radical (unpaired) electrons. The summed E-state index contributed by atoms with van der Waals surface area (Å²) in [5.41, 5.74) is -1.63. The number of piperazine rings is 1. The van der Waals surface area contributed by atoms with E-state index in [2.05, 4.69) is 4.90 Å². The summed E-state index contributed by atoms with van der Waals surface area (Å²) in [6.07, 6.45) is 0. The number of aliphatic hydroxyl groups is 1. The molecule has 5 heteroatoms. The number of carbonyl (C=O) groups is 1. The average molecular weight is 202 g/mol. The zero-order valence-electron chi connectivity index (χ0n) is 8.73. The minimum Gasteiger partial charge on any atom is -0.479 e. The maximum Gasteiger partial charge on any atom is 0.336 e. The van der Waals surface area contributed by atoms with E-state index in [9.17, 15) is 9.90 Å². The van der Waals surface area contributed by atoms with E-state index in [-0.39, 0.29) is 6.54 Å². The van der Waals surface area contributed by atoms with Crippen LogP contribution in [-0.2, 0) is 4.79 Å². The van der Waals surface area contributed by atoms with Gasteiger partial charge in [0.05, 0.1) is 0 Å². The summed E-state index contributed by atoms with van der Waals surface area (Å²) in [5.74, 6) is -1.16. The minimum absolute atomic E-state index is 0.205. The van der Waals surface area contributed by atoms with Gasteiger partial charge < -0.3 is 15.1 Å². The minimum atomic E-state index is -1.63. The van der Waals surface area contributed by atoms with Crippen molar-refractivity contribution in [2.45, 2.75) is 12.5 Å². The van der Waals surface area contributed by atoms with Crippen molar-refractivity contribution < 1.29 is 15.0 Å². The molecule has 1 rings (SSSR count). The van der Waals surface area contributed by atoms with Gasteiger partial charge in [-0.15, -0.1) is 0 Å². The Kier molecular flexibility index (Phi) is 3.47. The molecule has 0 saturated carbocycles. The number of carboxylic acids is 1. The van der Waals surface area contributed by atoms with Crippen LogP contribution in [0, 0.1) is 0 Å². The Bertz CT molecular complexity index is 210. The highest BCUT2D eigenvalue weighted by atomic mass is 16.4. The quantitative estimate of drug-likeness (QED) is 0.619. The lowest BCUT2D eigenvalue weighted by Gasteiger charge is -2.35. The highest BCUT2D eigenvalue weighted by molar-refractivity contribution is 5.76. The van der Waals surface area contributed by atoms with Gasteiger partial charge in [0.15, 0.2) is 5.60 Å². The van der Waals surface area contributed by atoms with E-state index in [0.717, 1.165) is 26.2 Å². The van der Waals surface area contributed by atoms with E-state index >= 15 is 0 Å². The third kappa shape index (κ3) is 2.94. The molecule has 14 heavy (non-hydrogen) atoms. The molecule has 5 nitrogen and oxygen atoms in total. The van der Waals surface area contributed by atoms with E-state index in [4.69, 9.17) is 5.11 Å². The van der Waals surface area contributed by atoms with Crippen LogP contribution in [0.2, 0.25) is 0 Å². The van der Waals surface area contributed by atoms with Crippen LogP contribution in [-0.4, -0.2) is 71.4 Å². The van der Waals surface area contributed by atoms with Crippen molar-refractivity contribution in [3.63, 3.8) is 0 Å². The number of hydrogen-bond acceptors (Lipinski definition) is 4. The summed E-state index contributed by atoms with van der Waals surface area (Å²) in [7, 11) is 2.03. The van der Waals surface area contributed by atoms with Crippen molar-refractivity contribution in [1.29, 1.82) is 0 Å². The van der Waals surface area contributed by atoms with E-state index in [1.807, 2.05) is 11.9 Å². The van der Waals surface area contributed by atoms with Gasteiger partial charge in [-0.3, -0.25) is 4.90 Å². The molecule has 1 atom stereocenters. The van der Waals surface area contributed by atoms with Crippen molar-refractivity contribution >= 4 is 5.97 Å². The van der Waals surface area contributed by atoms with Gasteiger partial charge in [-0.1, -0.05) is 0 Å². The molecule has 0 aliphatic carbocycles. The van der Waals surface area contributed by atoms with Gasteiger partial charge in [-0.2, -0.15) is 0 Å². The van der Waals surface area contributed by atoms with Gasteiger partial charge in [0.2, 0.25) is 0 Å². The number of nitrogens with zero attached hydrogens (tertiary/aromatic N) is 2. The summed E-state index contributed by atoms with van der Waals surface area (Å²) >= 11 is 0. The Balaban J connectivity index is 2.41. The largest absolute Gasteiger partial charge is 0.479 e. The summed E-state index contributed by atoms with van der Waals surface area (Å²) < 4.78 is 0. The summed E-state index contributed by atoms with van der Waals surface area (Å²) in [6, 6.07) is 0. The first-order chi connectivity index (χ1) is 6.42. The number of aliphatic carboxylic acids is 1. The van der Waals surface area contributed by atoms with Crippen molar-refractivity contribution in [2.24, 2.45) is 0 Å². The smallest absolute Gasteiger partial charge is 0.336 e. The molecule has 0 bridgehead atoms. The molecule has 0 aromatic carbocycles. The molecule has 2 N–H and O–H groups in total. The molecule has 0 aromatic heterocycles. The van der Waals surface area contributed by atoms with Crippen molar-refractivity contribution in [1.82, 2.24) is 9.80 Å². The fourth-order valence-corrected chi connectivity index (χ4v) is 1.51. The van der Waals surface area contributed by atoms with Gasteiger partial charge in [0, 0.05) is 32.7 Å². The van der Waals surface area contributed by atoms with Crippen LogP contribution < -0.4 is 0 Å². The van der Waals surface area contributed by atoms with Crippen molar-refractivity contribution in [2.75, 3.05) is 39.8 Å².